The maximum atomic E-state index is 13.1. The van der Waals surface area contributed by atoms with Crippen LogP contribution in [0.3, 0.4) is 0 Å². The second kappa shape index (κ2) is 8.57. The number of hydrogen-bond acceptors (Lipinski definition) is 5. The maximum absolute atomic E-state index is 13.1. The summed E-state index contributed by atoms with van der Waals surface area (Å²) in [4.78, 5) is 13.1. The van der Waals surface area contributed by atoms with Crippen LogP contribution in [-0.2, 0) is 21.4 Å². The lowest BCUT2D eigenvalue weighted by Crippen LogP contribution is -2.42. The number of nitrogens with zero attached hydrogens (tertiary/aromatic N) is 3. The van der Waals surface area contributed by atoms with Crippen molar-refractivity contribution in [2.75, 3.05) is 19.6 Å². The molecule has 1 spiro atoms. The predicted molar refractivity (Wildman–Crippen MR) is 112 cm³/mol. The summed E-state index contributed by atoms with van der Waals surface area (Å²) in [7, 11) is -3.53. The third-order valence-corrected chi connectivity index (χ3v) is 9.48. The Balaban J connectivity index is 1.44. The van der Waals surface area contributed by atoms with E-state index in [1.807, 2.05) is 16.9 Å². The molecule has 9 heteroatoms. The molecule has 1 atom stereocenters. The number of hydrogen-bond donors (Lipinski definition) is 1. The molecule has 1 amide bonds. The van der Waals surface area contributed by atoms with Gasteiger partial charge in [0.2, 0.25) is 5.91 Å². The summed E-state index contributed by atoms with van der Waals surface area (Å²) < 4.78 is 29.9. The quantitative estimate of drug-likeness (QED) is 0.677. The Hall–Kier alpha value is -1.71. The van der Waals surface area contributed by atoms with Crippen LogP contribution in [0.2, 0.25) is 0 Å². The molecular formula is C20H28N4O3S2. The summed E-state index contributed by atoms with van der Waals surface area (Å²) in [5.74, 6) is -0.279. The molecule has 0 bridgehead atoms. The lowest BCUT2D eigenvalue weighted by atomic mass is 9.67. The Morgan fingerprint density at radius 1 is 1.28 bits per heavy atom. The maximum Gasteiger partial charge on any atom is 0.252 e. The van der Waals surface area contributed by atoms with Crippen LogP contribution >= 0.6 is 11.3 Å². The highest BCUT2D eigenvalue weighted by atomic mass is 32.2. The summed E-state index contributed by atoms with van der Waals surface area (Å²) in [6.07, 6.45) is 9.59. The molecule has 1 saturated carbocycles. The van der Waals surface area contributed by atoms with Gasteiger partial charge in [-0.3, -0.25) is 9.48 Å². The second-order valence-electron chi connectivity index (χ2n) is 8.12. The van der Waals surface area contributed by atoms with Gasteiger partial charge in [-0.2, -0.15) is 9.40 Å². The van der Waals surface area contributed by atoms with Crippen molar-refractivity contribution in [2.45, 2.75) is 49.3 Å². The van der Waals surface area contributed by atoms with Crippen molar-refractivity contribution in [1.29, 1.82) is 0 Å². The molecule has 1 aliphatic carbocycles. The zero-order valence-electron chi connectivity index (χ0n) is 16.5. The number of amides is 1. The highest BCUT2D eigenvalue weighted by Gasteiger charge is 2.53. The van der Waals surface area contributed by atoms with E-state index in [0.29, 0.717) is 17.3 Å². The van der Waals surface area contributed by atoms with Crippen molar-refractivity contribution in [3.8, 4) is 0 Å². The fourth-order valence-corrected chi connectivity index (χ4v) is 7.47. The number of thiophene rings is 1. The van der Waals surface area contributed by atoms with Gasteiger partial charge in [0, 0.05) is 38.6 Å². The van der Waals surface area contributed by atoms with Crippen molar-refractivity contribution in [3.05, 3.63) is 36.0 Å². The van der Waals surface area contributed by atoms with Gasteiger partial charge in [-0.05, 0) is 42.2 Å². The average molecular weight is 437 g/mol. The monoisotopic (exact) mass is 436 g/mol. The van der Waals surface area contributed by atoms with E-state index in [2.05, 4.69) is 10.4 Å². The van der Waals surface area contributed by atoms with Gasteiger partial charge in [-0.1, -0.05) is 25.3 Å². The first-order valence-corrected chi connectivity index (χ1v) is 12.6. The molecule has 7 nitrogen and oxygen atoms in total. The van der Waals surface area contributed by atoms with E-state index in [-0.39, 0.29) is 23.8 Å². The Morgan fingerprint density at radius 3 is 2.79 bits per heavy atom. The van der Waals surface area contributed by atoms with E-state index in [0.717, 1.165) is 45.1 Å². The Morgan fingerprint density at radius 2 is 2.10 bits per heavy atom. The molecule has 1 aliphatic heterocycles. The third-order valence-electron chi connectivity index (χ3n) is 6.29. The number of aryl methyl sites for hydroxylation is 1. The van der Waals surface area contributed by atoms with E-state index in [9.17, 15) is 13.2 Å². The summed E-state index contributed by atoms with van der Waals surface area (Å²) in [6, 6.07) is 5.29. The van der Waals surface area contributed by atoms with Gasteiger partial charge in [-0.25, -0.2) is 8.42 Å². The van der Waals surface area contributed by atoms with Crippen LogP contribution in [-0.4, -0.2) is 48.0 Å². The van der Waals surface area contributed by atoms with Gasteiger partial charge in [0.25, 0.3) is 10.0 Å². The first kappa shape index (κ1) is 20.6. The van der Waals surface area contributed by atoms with E-state index in [4.69, 9.17) is 0 Å². The largest absolute Gasteiger partial charge is 0.356 e. The number of rotatable bonds is 7. The Kier molecular flexibility index (Phi) is 6.08. The summed E-state index contributed by atoms with van der Waals surface area (Å²) in [5, 5.41) is 9.02. The Labute approximate surface area is 176 Å². The molecule has 0 radical (unpaired) electrons. The van der Waals surface area contributed by atoms with Crippen LogP contribution < -0.4 is 5.32 Å². The van der Waals surface area contributed by atoms with Crippen LogP contribution in [0.15, 0.2) is 40.2 Å². The molecule has 29 heavy (non-hydrogen) atoms. The topological polar surface area (TPSA) is 84.3 Å². The molecule has 0 aromatic carbocycles. The van der Waals surface area contributed by atoms with Gasteiger partial charge in [-0.15, -0.1) is 11.3 Å². The van der Waals surface area contributed by atoms with Gasteiger partial charge < -0.3 is 5.32 Å². The van der Waals surface area contributed by atoms with Crippen molar-refractivity contribution in [1.82, 2.24) is 19.4 Å². The van der Waals surface area contributed by atoms with Crippen molar-refractivity contribution in [2.24, 2.45) is 11.3 Å². The van der Waals surface area contributed by atoms with Crippen LogP contribution in [0, 0.1) is 11.3 Å². The average Bonchev–Trinajstić information content (AvgIpc) is 3.47. The molecule has 158 valence electrons. The van der Waals surface area contributed by atoms with Crippen molar-refractivity contribution < 1.29 is 13.2 Å². The summed E-state index contributed by atoms with van der Waals surface area (Å²) in [6.45, 7) is 2.06. The molecule has 2 aromatic rings. The standard InChI is InChI=1S/C20H28N4O3S2/c25-19(21-10-5-12-23-13-6-11-22-23)17-15-24(16-20(17)8-2-1-3-9-20)29(26,27)18-7-4-14-28-18/h4,6-7,11,13-14,17H,1-3,5,8-10,12,15-16H2,(H,21,25)/t17-/m0/s1. The van der Waals surface area contributed by atoms with Crippen LogP contribution in [0.25, 0.3) is 0 Å². The third kappa shape index (κ3) is 4.27. The SMILES string of the molecule is O=C(NCCCn1cccn1)[C@@H]1CN(S(=O)(=O)c2cccs2)CC12CCCCC2. The van der Waals surface area contributed by atoms with Gasteiger partial charge in [0.05, 0.1) is 5.92 Å². The highest BCUT2D eigenvalue weighted by molar-refractivity contribution is 7.91. The molecule has 0 unspecified atom stereocenters. The lowest BCUT2D eigenvalue weighted by Gasteiger charge is -2.37. The number of carbonyl (C=O) groups excluding carboxylic acids is 1. The minimum Gasteiger partial charge on any atom is -0.356 e. The van der Waals surface area contributed by atoms with E-state index in [1.165, 1.54) is 11.3 Å². The molecule has 2 aromatic heterocycles. The first-order chi connectivity index (χ1) is 14.0. The van der Waals surface area contributed by atoms with Crippen molar-refractivity contribution in [3.63, 3.8) is 0 Å². The summed E-state index contributed by atoms with van der Waals surface area (Å²) in [5.41, 5.74) is -0.228. The Bertz CT molecular complexity index is 904. The van der Waals surface area contributed by atoms with E-state index < -0.39 is 10.0 Å². The molecule has 2 aliphatic rings. The minimum absolute atomic E-state index is 0.00348. The number of sulfonamides is 1. The molecule has 2 fully saturated rings. The lowest BCUT2D eigenvalue weighted by molar-refractivity contribution is -0.128. The van der Waals surface area contributed by atoms with E-state index in [1.54, 1.807) is 28.0 Å². The van der Waals surface area contributed by atoms with E-state index >= 15 is 0 Å². The van der Waals surface area contributed by atoms with Gasteiger partial charge in [0.15, 0.2) is 0 Å². The zero-order valence-corrected chi connectivity index (χ0v) is 18.1. The molecule has 1 saturated heterocycles. The fourth-order valence-electron chi connectivity index (χ4n) is 4.78. The summed E-state index contributed by atoms with van der Waals surface area (Å²) >= 11 is 1.24. The molecular weight excluding hydrogens is 408 g/mol. The normalized spacial score (nSPS) is 22.1. The molecule has 4 rings (SSSR count). The predicted octanol–water partition coefficient (Wildman–Crippen LogP) is 2.72. The number of aromatic nitrogens is 2. The number of carbonyl (C=O) groups is 1. The zero-order chi connectivity index (χ0) is 20.3. The molecule has 3 heterocycles. The smallest absolute Gasteiger partial charge is 0.252 e. The molecule has 1 N–H and O–H groups in total. The number of nitrogens with one attached hydrogen (secondary N) is 1. The minimum atomic E-state index is -3.53. The van der Waals surface area contributed by atoms with Gasteiger partial charge >= 0.3 is 0 Å². The highest BCUT2D eigenvalue weighted by Crippen LogP contribution is 2.49. The van der Waals surface area contributed by atoms with Crippen molar-refractivity contribution >= 4 is 27.3 Å². The van der Waals surface area contributed by atoms with Crippen LogP contribution in [0.1, 0.15) is 38.5 Å². The van der Waals surface area contributed by atoms with Gasteiger partial charge in [0.1, 0.15) is 4.21 Å². The van der Waals surface area contributed by atoms with Crippen LogP contribution in [0.5, 0.6) is 0 Å². The van der Waals surface area contributed by atoms with Crippen LogP contribution in [0.4, 0.5) is 0 Å². The fraction of sp³-hybridized carbons (Fsp3) is 0.600. The second-order valence-corrected chi connectivity index (χ2v) is 11.2. The first-order valence-electron chi connectivity index (χ1n) is 10.3.